The average Bonchev–Trinajstić information content (AvgIpc) is 2.40. The smallest absolute Gasteiger partial charge is 0.223 e. The van der Waals surface area contributed by atoms with E-state index in [4.69, 9.17) is 0 Å². The zero-order valence-corrected chi connectivity index (χ0v) is 12.7. The van der Waals surface area contributed by atoms with Crippen LogP contribution in [0.1, 0.15) is 18.9 Å². The molecule has 1 aliphatic rings. The molecule has 1 fully saturated rings. The number of rotatable bonds is 6. The Bertz CT molecular complexity index is 438. The van der Waals surface area contributed by atoms with Gasteiger partial charge in [-0.1, -0.05) is 12.1 Å². The first-order valence-electron chi connectivity index (χ1n) is 7.35. The lowest BCUT2D eigenvalue weighted by Gasteiger charge is -2.29. The second-order valence-electron chi connectivity index (χ2n) is 5.70. The van der Waals surface area contributed by atoms with Crippen molar-refractivity contribution in [2.24, 2.45) is 5.92 Å². The molecule has 4 nitrogen and oxygen atoms in total. The maximum absolute atomic E-state index is 12.2. The van der Waals surface area contributed by atoms with Crippen LogP contribution in [0.5, 0.6) is 0 Å². The molecule has 0 spiro atoms. The summed E-state index contributed by atoms with van der Waals surface area (Å²) in [6.45, 7) is 5.50. The number of hydrogen-bond acceptors (Lipinski definition) is 3. The highest BCUT2D eigenvalue weighted by atomic mass is 16.2. The van der Waals surface area contributed by atoms with Crippen LogP contribution in [0.15, 0.2) is 24.3 Å². The van der Waals surface area contributed by atoms with Gasteiger partial charge in [0.05, 0.1) is 0 Å². The third-order valence-corrected chi connectivity index (χ3v) is 3.89. The van der Waals surface area contributed by atoms with Gasteiger partial charge in [-0.2, -0.15) is 0 Å². The largest absolute Gasteiger partial charge is 0.378 e. The zero-order chi connectivity index (χ0) is 14.5. The van der Waals surface area contributed by atoms with Crippen LogP contribution < -0.4 is 10.2 Å². The van der Waals surface area contributed by atoms with Crippen molar-refractivity contribution in [1.82, 2.24) is 10.2 Å². The van der Waals surface area contributed by atoms with Gasteiger partial charge in [-0.15, -0.1) is 0 Å². The lowest BCUT2D eigenvalue weighted by Crippen LogP contribution is -2.45. The Morgan fingerprint density at radius 2 is 1.90 bits per heavy atom. The lowest BCUT2D eigenvalue weighted by molar-refractivity contribution is -0.133. The Kier molecular flexibility index (Phi) is 5.01. The number of nitrogens with zero attached hydrogens (tertiary/aromatic N) is 2. The van der Waals surface area contributed by atoms with E-state index < -0.39 is 0 Å². The van der Waals surface area contributed by atoms with Crippen molar-refractivity contribution < 1.29 is 4.79 Å². The minimum Gasteiger partial charge on any atom is -0.378 e. The Morgan fingerprint density at radius 1 is 1.25 bits per heavy atom. The van der Waals surface area contributed by atoms with E-state index in [1.54, 1.807) is 0 Å². The van der Waals surface area contributed by atoms with Gasteiger partial charge in [0.2, 0.25) is 5.91 Å². The van der Waals surface area contributed by atoms with Crippen LogP contribution in [0, 0.1) is 5.92 Å². The van der Waals surface area contributed by atoms with Crippen LogP contribution >= 0.6 is 0 Å². The molecular formula is C16H25N3O. The quantitative estimate of drug-likeness (QED) is 0.858. The van der Waals surface area contributed by atoms with Crippen LogP contribution in [0.3, 0.4) is 0 Å². The zero-order valence-electron chi connectivity index (χ0n) is 12.7. The second kappa shape index (κ2) is 6.75. The van der Waals surface area contributed by atoms with Crippen molar-refractivity contribution in [2.75, 3.05) is 38.6 Å². The fourth-order valence-corrected chi connectivity index (χ4v) is 2.37. The summed E-state index contributed by atoms with van der Waals surface area (Å²) in [6, 6.07) is 8.42. The summed E-state index contributed by atoms with van der Waals surface area (Å²) >= 11 is 0. The van der Waals surface area contributed by atoms with E-state index in [0.717, 1.165) is 19.6 Å². The molecule has 1 amide bonds. The summed E-state index contributed by atoms with van der Waals surface area (Å²) in [4.78, 5) is 16.3. The third-order valence-electron chi connectivity index (χ3n) is 3.89. The summed E-state index contributed by atoms with van der Waals surface area (Å²) in [5.41, 5.74) is 2.38. The second-order valence-corrected chi connectivity index (χ2v) is 5.70. The third kappa shape index (κ3) is 3.73. The van der Waals surface area contributed by atoms with Crippen molar-refractivity contribution in [3.8, 4) is 0 Å². The van der Waals surface area contributed by atoms with Crippen molar-refractivity contribution in [3.63, 3.8) is 0 Å². The van der Waals surface area contributed by atoms with Crippen molar-refractivity contribution >= 4 is 11.6 Å². The van der Waals surface area contributed by atoms with Crippen molar-refractivity contribution in [1.29, 1.82) is 0 Å². The molecule has 4 heteroatoms. The van der Waals surface area contributed by atoms with Crippen LogP contribution in [0.2, 0.25) is 0 Å². The van der Waals surface area contributed by atoms with Gasteiger partial charge >= 0.3 is 0 Å². The van der Waals surface area contributed by atoms with Gasteiger partial charge in [0.25, 0.3) is 0 Å². The molecule has 20 heavy (non-hydrogen) atoms. The fourth-order valence-electron chi connectivity index (χ4n) is 2.37. The molecule has 0 aliphatic carbocycles. The highest BCUT2D eigenvalue weighted by molar-refractivity contribution is 5.76. The average molecular weight is 275 g/mol. The monoisotopic (exact) mass is 275 g/mol. The molecule has 2 rings (SSSR count). The van der Waals surface area contributed by atoms with Crippen LogP contribution in [0.4, 0.5) is 5.69 Å². The van der Waals surface area contributed by atoms with Crippen LogP contribution in [-0.2, 0) is 11.3 Å². The molecule has 110 valence electrons. The van der Waals surface area contributed by atoms with Crippen LogP contribution in [0.25, 0.3) is 0 Å². The number of anilines is 1. The first-order valence-corrected chi connectivity index (χ1v) is 7.35. The van der Waals surface area contributed by atoms with Gasteiger partial charge in [-0.25, -0.2) is 0 Å². The first-order chi connectivity index (χ1) is 9.60. The first kappa shape index (κ1) is 14.9. The normalized spacial score (nSPS) is 14.8. The number of benzene rings is 1. The van der Waals surface area contributed by atoms with E-state index in [0.29, 0.717) is 18.9 Å². The van der Waals surface area contributed by atoms with E-state index in [-0.39, 0.29) is 5.91 Å². The Morgan fingerprint density at radius 3 is 2.35 bits per heavy atom. The molecule has 1 aromatic carbocycles. The summed E-state index contributed by atoms with van der Waals surface area (Å²) < 4.78 is 0. The van der Waals surface area contributed by atoms with E-state index >= 15 is 0 Å². The molecule has 1 aromatic rings. The molecule has 0 aromatic heterocycles. The Balaban J connectivity index is 1.92. The molecule has 0 atom stereocenters. The van der Waals surface area contributed by atoms with Gasteiger partial charge in [-0.3, -0.25) is 4.79 Å². The predicted octanol–water partition coefficient (Wildman–Crippen LogP) is 1.71. The minimum atomic E-state index is 0.274. The van der Waals surface area contributed by atoms with Gasteiger partial charge in [0.15, 0.2) is 0 Å². The standard InChI is InChI=1S/C16H25N3O/c1-4-19(16(20)9-14-10-17-11-14)12-13-5-7-15(8-6-13)18(2)3/h5-8,14,17H,4,9-12H2,1-3H3. The number of hydrogen-bond donors (Lipinski definition) is 1. The Labute approximate surface area is 121 Å². The molecular weight excluding hydrogens is 250 g/mol. The minimum absolute atomic E-state index is 0.274. The van der Waals surface area contributed by atoms with Gasteiger partial charge < -0.3 is 15.1 Å². The van der Waals surface area contributed by atoms with E-state index in [1.807, 2.05) is 25.9 Å². The highest BCUT2D eigenvalue weighted by Crippen LogP contribution is 2.16. The highest BCUT2D eigenvalue weighted by Gasteiger charge is 2.22. The summed E-state index contributed by atoms with van der Waals surface area (Å²) in [5.74, 6) is 0.809. The Hall–Kier alpha value is -1.55. The molecule has 1 aliphatic heterocycles. The number of carbonyl (C=O) groups is 1. The predicted molar refractivity (Wildman–Crippen MR) is 82.8 cm³/mol. The molecule has 1 N–H and O–H groups in total. The van der Waals surface area contributed by atoms with Gasteiger partial charge in [0, 0.05) is 39.3 Å². The van der Waals surface area contributed by atoms with Gasteiger partial charge in [-0.05, 0) is 43.6 Å². The van der Waals surface area contributed by atoms with E-state index in [9.17, 15) is 4.79 Å². The lowest BCUT2D eigenvalue weighted by atomic mass is 9.98. The number of carbonyl (C=O) groups excluding carboxylic acids is 1. The number of nitrogens with one attached hydrogen (secondary N) is 1. The molecule has 0 saturated carbocycles. The summed E-state index contributed by atoms with van der Waals surface area (Å²) in [5, 5.41) is 3.21. The van der Waals surface area contributed by atoms with E-state index in [2.05, 4.69) is 34.5 Å². The SMILES string of the molecule is CCN(Cc1ccc(N(C)C)cc1)C(=O)CC1CNC1. The summed E-state index contributed by atoms with van der Waals surface area (Å²) in [6.07, 6.45) is 0.677. The van der Waals surface area contributed by atoms with Crippen molar-refractivity contribution in [2.45, 2.75) is 19.9 Å². The molecule has 0 bridgehead atoms. The van der Waals surface area contributed by atoms with Crippen LogP contribution in [-0.4, -0.2) is 44.5 Å². The molecule has 1 heterocycles. The molecule has 1 saturated heterocycles. The fraction of sp³-hybridized carbons (Fsp3) is 0.562. The summed E-state index contributed by atoms with van der Waals surface area (Å²) in [7, 11) is 4.06. The van der Waals surface area contributed by atoms with Gasteiger partial charge in [0.1, 0.15) is 0 Å². The number of amides is 1. The molecule has 0 radical (unpaired) electrons. The molecule has 0 unspecified atom stereocenters. The van der Waals surface area contributed by atoms with E-state index in [1.165, 1.54) is 11.3 Å². The maximum atomic E-state index is 12.2. The topological polar surface area (TPSA) is 35.6 Å². The maximum Gasteiger partial charge on any atom is 0.223 e. The van der Waals surface area contributed by atoms with Crippen molar-refractivity contribution in [3.05, 3.63) is 29.8 Å².